The summed E-state index contributed by atoms with van der Waals surface area (Å²) in [5.41, 5.74) is 12.8. The Balaban J connectivity index is 1.25. The van der Waals surface area contributed by atoms with Gasteiger partial charge in [-0.1, -0.05) is 97.1 Å². The van der Waals surface area contributed by atoms with Gasteiger partial charge >= 0.3 is 0 Å². The van der Waals surface area contributed by atoms with Crippen LogP contribution >= 0.6 is 0 Å². The summed E-state index contributed by atoms with van der Waals surface area (Å²) in [5, 5.41) is 13.2. The zero-order valence-electron chi connectivity index (χ0n) is 25.5. The van der Waals surface area contributed by atoms with Crippen molar-refractivity contribution < 1.29 is 9.52 Å². The lowest BCUT2D eigenvalue weighted by Crippen LogP contribution is -1.94. The Labute approximate surface area is 267 Å². The molecule has 0 amide bonds. The Morgan fingerprint density at radius 3 is 1.96 bits per heavy atom. The predicted octanol–water partition coefficient (Wildman–Crippen LogP) is 11.0. The predicted molar refractivity (Wildman–Crippen MR) is 188 cm³/mol. The van der Waals surface area contributed by atoms with Gasteiger partial charge in [0.1, 0.15) is 16.9 Å². The van der Waals surface area contributed by atoms with E-state index in [2.05, 4.69) is 78.9 Å². The molecule has 0 fully saturated rings. The Bertz CT molecular complexity index is 2410. The number of aromatic nitrogens is 2. The molecule has 0 saturated heterocycles. The van der Waals surface area contributed by atoms with Gasteiger partial charge in [-0.3, -0.25) is 4.98 Å². The minimum atomic E-state index is 0.246. The number of aromatic hydroxyl groups is 1. The highest BCUT2D eigenvalue weighted by Gasteiger charge is 2.16. The first-order valence-corrected chi connectivity index (χ1v) is 15.4. The second kappa shape index (κ2) is 11.2. The molecule has 46 heavy (non-hydrogen) atoms. The average molecular weight is 595 g/mol. The molecule has 0 bridgehead atoms. The topological polar surface area (TPSA) is 59.2 Å². The molecule has 4 heteroatoms. The summed E-state index contributed by atoms with van der Waals surface area (Å²) in [6.45, 7) is 3.93. The maximum absolute atomic E-state index is 11.0. The minimum Gasteiger partial charge on any atom is -0.507 e. The smallest absolute Gasteiger partial charge is 0.143 e. The van der Waals surface area contributed by atoms with Crippen molar-refractivity contribution in [2.75, 3.05) is 0 Å². The van der Waals surface area contributed by atoms with Crippen LogP contribution in [0, 0.1) is 13.8 Å². The molecule has 0 radical (unpaired) electrons. The molecule has 0 atom stereocenters. The fraction of sp³-hybridized carbons (Fsp3) is 0.0476. The summed E-state index contributed by atoms with van der Waals surface area (Å²) < 4.78 is 6.36. The molecule has 3 heterocycles. The van der Waals surface area contributed by atoms with Crippen molar-refractivity contribution in [3.8, 4) is 61.8 Å². The van der Waals surface area contributed by atoms with Gasteiger partial charge in [-0.25, -0.2) is 4.98 Å². The normalized spacial score (nSPS) is 11.3. The Hall–Kier alpha value is -6.00. The Morgan fingerprint density at radius 2 is 1.11 bits per heavy atom. The fourth-order valence-electron chi connectivity index (χ4n) is 6.26. The van der Waals surface area contributed by atoms with Crippen LogP contribution in [0.1, 0.15) is 11.3 Å². The van der Waals surface area contributed by atoms with Gasteiger partial charge in [-0.15, -0.1) is 0 Å². The number of hydrogen-bond donors (Lipinski definition) is 1. The molecule has 0 spiro atoms. The van der Waals surface area contributed by atoms with Crippen LogP contribution in [0.2, 0.25) is 0 Å². The molecular weight excluding hydrogens is 564 g/mol. The van der Waals surface area contributed by atoms with Crippen LogP contribution in [0.4, 0.5) is 0 Å². The molecule has 0 aliphatic carbocycles. The summed E-state index contributed by atoms with van der Waals surface area (Å²) in [6, 6.07) is 47.3. The van der Waals surface area contributed by atoms with Crippen molar-refractivity contribution in [1.82, 2.24) is 9.97 Å². The maximum atomic E-state index is 11.0. The molecule has 0 unspecified atom stereocenters. The standard InChI is InChI=1S/C42H30N2O2/c1-26-11-8-19-36(41(26)45)39-24-31(28-12-4-3-5-13-28)23-38(44-39)30-15-9-14-29(22-30)37-25-32(21-27(2)43-37)33-17-10-18-35-34-16-6-7-20-40(34)46-42(33)35/h3-25,45H,1-2H3. The number of furan rings is 1. The number of aryl methyl sites for hydroxylation is 2. The lowest BCUT2D eigenvalue weighted by molar-refractivity contribution is 0.473. The van der Waals surface area contributed by atoms with Gasteiger partial charge in [0.05, 0.1) is 17.1 Å². The summed E-state index contributed by atoms with van der Waals surface area (Å²) in [5.74, 6) is 0.246. The molecule has 3 aromatic heterocycles. The van der Waals surface area contributed by atoms with Gasteiger partial charge in [0.2, 0.25) is 0 Å². The van der Waals surface area contributed by atoms with E-state index < -0.39 is 0 Å². The molecule has 1 N–H and O–H groups in total. The largest absolute Gasteiger partial charge is 0.507 e. The van der Waals surface area contributed by atoms with E-state index in [0.717, 1.165) is 83.7 Å². The molecule has 5 aromatic carbocycles. The first-order valence-electron chi connectivity index (χ1n) is 15.4. The van der Waals surface area contributed by atoms with E-state index in [1.54, 1.807) is 0 Å². The fourth-order valence-corrected chi connectivity index (χ4v) is 6.26. The number of fused-ring (bicyclic) bond motifs is 3. The van der Waals surface area contributed by atoms with Gasteiger partial charge in [-0.05, 0) is 78.6 Å². The molecular formula is C42H30N2O2. The zero-order chi connectivity index (χ0) is 31.2. The van der Waals surface area contributed by atoms with E-state index in [-0.39, 0.29) is 5.75 Å². The van der Waals surface area contributed by atoms with Crippen molar-refractivity contribution in [2.45, 2.75) is 13.8 Å². The van der Waals surface area contributed by atoms with Crippen molar-refractivity contribution >= 4 is 21.9 Å². The monoisotopic (exact) mass is 594 g/mol. The van der Waals surface area contributed by atoms with Crippen LogP contribution in [0.5, 0.6) is 5.75 Å². The molecule has 8 aromatic rings. The summed E-state index contributed by atoms with van der Waals surface area (Å²) in [6.07, 6.45) is 0. The highest BCUT2D eigenvalue weighted by molar-refractivity contribution is 6.09. The van der Waals surface area contributed by atoms with Crippen molar-refractivity contribution in [1.29, 1.82) is 0 Å². The number of pyridine rings is 2. The lowest BCUT2D eigenvalue weighted by Gasteiger charge is -2.13. The number of hydrogen-bond acceptors (Lipinski definition) is 4. The van der Waals surface area contributed by atoms with E-state index in [0.29, 0.717) is 5.56 Å². The maximum Gasteiger partial charge on any atom is 0.143 e. The van der Waals surface area contributed by atoms with Crippen molar-refractivity contribution in [2.24, 2.45) is 0 Å². The minimum absolute atomic E-state index is 0.246. The number of phenolic OH excluding ortho intramolecular Hbond substituents is 1. The van der Waals surface area contributed by atoms with E-state index >= 15 is 0 Å². The van der Waals surface area contributed by atoms with Crippen LogP contribution in [0.3, 0.4) is 0 Å². The molecule has 0 aliphatic rings. The van der Waals surface area contributed by atoms with Gasteiger partial charge in [0.25, 0.3) is 0 Å². The van der Waals surface area contributed by atoms with E-state index in [1.165, 1.54) is 0 Å². The average Bonchev–Trinajstić information content (AvgIpc) is 3.48. The van der Waals surface area contributed by atoms with Crippen LogP contribution in [0.15, 0.2) is 144 Å². The number of nitrogens with zero attached hydrogens (tertiary/aromatic N) is 2. The van der Waals surface area contributed by atoms with Gasteiger partial charge in [-0.2, -0.15) is 0 Å². The lowest BCUT2D eigenvalue weighted by atomic mass is 9.97. The quantitative estimate of drug-likeness (QED) is 0.215. The molecule has 8 rings (SSSR count). The highest BCUT2D eigenvalue weighted by atomic mass is 16.3. The molecule has 4 nitrogen and oxygen atoms in total. The third-order valence-electron chi connectivity index (χ3n) is 8.57. The SMILES string of the molecule is Cc1cc(-c2cccc3c2oc2ccccc23)cc(-c2cccc(-c3cc(-c4ccccc4)cc(-c4cccc(C)c4O)n3)c2)n1. The van der Waals surface area contributed by atoms with Gasteiger partial charge in [0, 0.05) is 38.7 Å². The van der Waals surface area contributed by atoms with Crippen molar-refractivity contribution in [3.63, 3.8) is 0 Å². The molecule has 0 aliphatic heterocycles. The van der Waals surface area contributed by atoms with E-state index in [1.807, 2.05) is 74.5 Å². The third kappa shape index (κ3) is 4.90. The first kappa shape index (κ1) is 27.5. The number of phenols is 1. The number of rotatable bonds is 5. The van der Waals surface area contributed by atoms with Gasteiger partial charge < -0.3 is 9.52 Å². The van der Waals surface area contributed by atoms with E-state index in [9.17, 15) is 5.11 Å². The summed E-state index contributed by atoms with van der Waals surface area (Å²) >= 11 is 0. The molecule has 220 valence electrons. The summed E-state index contributed by atoms with van der Waals surface area (Å²) in [4.78, 5) is 10.0. The Kier molecular flexibility index (Phi) is 6.69. The third-order valence-corrected chi connectivity index (χ3v) is 8.57. The number of benzene rings is 5. The van der Waals surface area contributed by atoms with Crippen LogP contribution in [-0.2, 0) is 0 Å². The summed E-state index contributed by atoms with van der Waals surface area (Å²) in [7, 11) is 0. The highest BCUT2D eigenvalue weighted by Crippen LogP contribution is 2.38. The van der Waals surface area contributed by atoms with E-state index in [4.69, 9.17) is 14.4 Å². The zero-order valence-corrected chi connectivity index (χ0v) is 25.5. The first-order chi connectivity index (χ1) is 22.5. The molecule has 0 saturated carbocycles. The second-order valence-electron chi connectivity index (χ2n) is 11.7. The number of para-hydroxylation sites is 3. The second-order valence-corrected chi connectivity index (χ2v) is 11.7. The van der Waals surface area contributed by atoms with Crippen LogP contribution in [-0.4, -0.2) is 15.1 Å². The Morgan fingerprint density at radius 1 is 0.478 bits per heavy atom. The van der Waals surface area contributed by atoms with Crippen molar-refractivity contribution in [3.05, 3.63) is 151 Å². The van der Waals surface area contributed by atoms with Gasteiger partial charge in [0.15, 0.2) is 0 Å². The van der Waals surface area contributed by atoms with Crippen LogP contribution in [0.25, 0.3) is 78.0 Å². The van der Waals surface area contributed by atoms with Crippen LogP contribution < -0.4 is 0 Å².